The first-order valence-corrected chi connectivity index (χ1v) is 10.7. The molecule has 4 aromatic rings. The molecule has 154 valence electrons. The van der Waals surface area contributed by atoms with E-state index in [1.54, 1.807) is 66.2 Å². The zero-order valence-electron chi connectivity index (χ0n) is 15.8. The van der Waals surface area contributed by atoms with Crippen molar-refractivity contribution >= 4 is 67.8 Å². The van der Waals surface area contributed by atoms with E-state index in [0.717, 1.165) is 10.2 Å². The number of hydrogen-bond donors (Lipinski definition) is 2. The monoisotopic (exact) mass is 468 g/mol. The van der Waals surface area contributed by atoms with Crippen molar-refractivity contribution in [3.63, 3.8) is 0 Å². The Morgan fingerprint density at radius 1 is 1.00 bits per heavy atom. The van der Waals surface area contributed by atoms with E-state index in [-0.39, 0.29) is 27.2 Å². The summed E-state index contributed by atoms with van der Waals surface area (Å²) in [5.41, 5.74) is 3.44. The van der Waals surface area contributed by atoms with Crippen LogP contribution >= 0.6 is 34.5 Å². The van der Waals surface area contributed by atoms with Gasteiger partial charge in [-0.3, -0.25) is 4.79 Å². The molecule has 1 aromatic heterocycles. The maximum Gasteiger partial charge on any atom is 0.280 e. The van der Waals surface area contributed by atoms with Gasteiger partial charge in [0.1, 0.15) is 0 Å². The predicted molar refractivity (Wildman–Crippen MR) is 125 cm³/mol. The minimum Gasteiger partial charge on any atom is -0.505 e. The lowest BCUT2D eigenvalue weighted by Crippen LogP contribution is -2.15. The third-order valence-electron chi connectivity index (χ3n) is 4.27. The number of azo groups is 1. The number of para-hydroxylation sites is 1. The molecular weight excluding hydrogens is 455 g/mol. The molecule has 31 heavy (non-hydrogen) atoms. The van der Waals surface area contributed by atoms with E-state index in [2.05, 4.69) is 20.5 Å². The van der Waals surface area contributed by atoms with Gasteiger partial charge in [-0.25, -0.2) is 4.98 Å². The largest absolute Gasteiger partial charge is 0.505 e. The quantitative estimate of drug-likeness (QED) is 0.183. The molecule has 0 bridgehead atoms. The molecule has 2 N–H and O–H groups in total. The van der Waals surface area contributed by atoms with E-state index >= 15 is 0 Å². The van der Waals surface area contributed by atoms with E-state index in [4.69, 9.17) is 23.2 Å². The zero-order valence-corrected chi connectivity index (χ0v) is 18.1. The Morgan fingerprint density at radius 3 is 2.48 bits per heavy atom. The number of aliphatic hydroxyl groups excluding tert-OH is 1. The van der Waals surface area contributed by atoms with Crippen molar-refractivity contribution in [2.45, 2.75) is 0 Å². The number of halogens is 2. The Morgan fingerprint density at radius 2 is 1.74 bits per heavy atom. The molecule has 0 saturated carbocycles. The fourth-order valence-electron chi connectivity index (χ4n) is 2.74. The van der Waals surface area contributed by atoms with Crippen LogP contribution in [0.2, 0.25) is 10.0 Å². The molecule has 1 amide bonds. The first-order valence-electron chi connectivity index (χ1n) is 9.02. The lowest BCUT2D eigenvalue weighted by Gasteiger charge is -2.10. The number of carbonyl (C=O) groups is 1. The Hall–Kier alpha value is -3.26. The summed E-state index contributed by atoms with van der Waals surface area (Å²) >= 11 is 13.8. The van der Waals surface area contributed by atoms with Crippen LogP contribution in [-0.4, -0.2) is 16.0 Å². The number of nitrogens with zero attached hydrogens (tertiary/aromatic N) is 3. The fraction of sp³-hybridized carbons (Fsp3) is 0. The van der Waals surface area contributed by atoms with Crippen molar-refractivity contribution in [2.75, 3.05) is 5.32 Å². The van der Waals surface area contributed by atoms with Gasteiger partial charge in [0.2, 0.25) is 0 Å². The first-order chi connectivity index (χ1) is 15.0. The van der Waals surface area contributed by atoms with E-state index in [1.807, 2.05) is 6.07 Å². The van der Waals surface area contributed by atoms with Gasteiger partial charge in [0.05, 0.1) is 37.1 Å². The third-order valence-corrected chi connectivity index (χ3v) is 5.69. The number of thiazole rings is 1. The van der Waals surface area contributed by atoms with Crippen LogP contribution in [0.3, 0.4) is 0 Å². The highest BCUT2D eigenvalue weighted by atomic mass is 35.5. The van der Waals surface area contributed by atoms with Crippen molar-refractivity contribution in [3.05, 3.63) is 93.5 Å². The smallest absolute Gasteiger partial charge is 0.280 e. The van der Waals surface area contributed by atoms with Gasteiger partial charge in [-0.2, -0.15) is 5.11 Å². The number of anilines is 1. The van der Waals surface area contributed by atoms with Gasteiger partial charge in [-0.15, -0.1) is 16.5 Å². The molecular formula is C22H14Cl2N4O2S. The standard InChI is InChI=1S/C22H14Cl2N4O2S/c23-15-7-4-8-16(24)19(15)26-22(30)20(21(29)13-5-2-1-3-6-13)28-27-14-9-10-17-18(11-14)31-12-25-17/h1-12,29H,(H,26,30). The second kappa shape index (κ2) is 9.26. The number of carbonyl (C=O) groups excluding carboxylic acids is 1. The first kappa shape index (κ1) is 21.0. The summed E-state index contributed by atoms with van der Waals surface area (Å²) in [6.07, 6.45) is 0. The highest BCUT2D eigenvalue weighted by molar-refractivity contribution is 7.16. The van der Waals surface area contributed by atoms with Crippen LogP contribution in [-0.2, 0) is 4.79 Å². The van der Waals surface area contributed by atoms with Gasteiger partial charge >= 0.3 is 0 Å². The number of amides is 1. The van der Waals surface area contributed by atoms with Gasteiger partial charge in [0.25, 0.3) is 5.91 Å². The lowest BCUT2D eigenvalue weighted by atomic mass is 10.1. The summed E-state index contributed by atoms with van der Waals surface area (Å²) in [5.74, 6) is -1.04. The molecule has 0 radical (unpaired) electrons. The molecule has 1 heterocycles. The Balaban J connectivity index is 1.73. The summed E-state index contributed by atoms with van der Waals surface area (Å²) in [6.45, 7) is 0. The summed E-state index contributed by atoms with van der Waals surface area (Å²) in [5, 5.41) is 22.1. The normalized spacial score (nSPS) is 12.2. The number of hydrogen-bond acceptors (Lipinski definition) is 6. The predicted octanol–water partition coefficient (Wildman–Crippen LogP) is 7.25. The Kier molecular flexibility index (Phi) is 6.27. The summed E-state index contributed by atoms with van der Waals surface area (Å²) in [6, 6.07) is 18.8. The van der Waals surface area contributed by atoms with Crippen molar-refractivity contribution in [1.82, 2.24) is 4.98 Å². The van der Waals surface area contributed by atoms with Crippen molar-refractivity contribution in [2.24, 2.45) is 10.2 Å². The molecule has 0 fully saturated rings. The van der Waals surface area contributed by atoms with Crippen LogP contribution in [0.25, 0.3) is 16.0 Å². The summed E-state index contributed by atoms with van der Waals surface area (Å²) < 4.78 is 0.932. The van der Waals surface area contributed by atoms with Crippen molar-refractivity contribution in [3.8, 4) is 0 Å². The van der Waals surface area contributed by atoms with Crippen LogP contribution in [0.1, 0.15) is 5.56 Å². The highest BCUT2D eigenvalue weighted by Crippen LogP contribution is 2.31. The van der Waals surface area contributed by atoms with Crippen LogP contribution in [0.4, 0.5) is 11.4 Å². The number of fused-ring (bicyclic) bond motifs is 1. The molecule has 0 aliphatic heterocycles. The van der Waals surface area contributed by atoms with Crippen molar-refractivity contribution in [1.29, 1.82) is 0 Å². The summed E-state index contributed by atoms with van der Waals surface area (Å²) in [4.78, 5) is 17.2. The van der Waals surface area contributed by atoms with Crippen LogP contribution < -0.4 is 5.32 Å². The maximum atomic E-state index is 13.0. The number of nitrogens with one attached hydrogen (secondary N) is 1. The molecule has 0 unspecified atom stereocenters. The minimum atomic E-state index is -0.709. The van der Waals surface area contributed by atoms with E-state index in [1.165, 1.54) is 11.3 Å². The molecule has 0 atom stereocenters. The third kappa shape index (κ3) is 4.74. The molecule has 0 spiro atoms. The molecule has 3 aromatic carbocycles. The lowest BCUT2D eigenvalue weighted by molar-refractivity contribution is -0.112. The maximum absolute atomic E-state index is 13.0. The SMILES string of the molecule is O=C(Nc1c(Cl)cccc1Cl)C(N=Nc1ccc2ncsc2c1)=C(O)c1ccccc1. The molecule has 0 saturated heterocycles. The number of rotatable bonds is 5. The topological polar surface area (TPSA) is 86.9 Å². The van der Waals surface area contributed by atoms with Gasteiger partial charge in [0.15, 0.2) is 11.5 Å². The van der Waals surface area contributed by atoms with E-state index < -0.39 is 5.91 Å². The minimum absolute atomic E-state index is 0.218. The Labute approximate surface area is 191 Å². The molecule has 6 nitrogen and oxygen atoms in total. The van der Waals surface area contributed by atoms with Gasteiger partial charge in [-0.1, -0.05) is 59.6 Å². The molecule has 0 aliphatic rings. The number of benzene rings is 3. The van der Waals surface area contributed by atoms with E-state index in [0.29, 0.717) is 11.3 Å². The van der Waals surface area contributed by atoms with Gasteiger partial charge < -0.3 is 10.4 Å². The fourth-order valence-corrected chi connectivity index (χ4v) is 3.94. The number of aromatic nitrogens is 1. The van der Waals surface area contributed by atoms with Crippen LogP contribution in [0.15, 0.2) is 88.2 Å². The number of aliphatic hydroxyl groups is 1. The van der Waals surface area contributed by atoms with E-state index in [9.17, 15) is 9.90 Å². The zero-order chi connectivity index (χ0) is 21.8. The summed E-state index contributed by atoms with van der Waals surface area (Å²) in [7, 11) is 0. The van der Waals surface area contributed by atoms with Crippen LogP contribution in [0.5, 0.6) is 0 Å². The average Bonchev–Trinajstić information content (AvgIpc) is 3.25. The molecule has 9 heteroatoms. The van der Waals surface area contributed by atoms with Crippen LogP contribution in [0, 0.1) is 0 Å². The second-order valence-electron chi connectivity index (χ2n) is 6.32. The second-order valence-corrected chi connectivity index (χ2v) is 8.02. The van der Waals surface area contributed by atoms with Gasteiger partial charge in [0, 0.05) is 5.56 Å². The molecule has 0 aliphatic carbocycles. The van der Waals surface area contributed by atoms with Gasteiger partial charge in [-0.05, 0) is 30.3 Å². The molecule has 4 rings (SSSR count). The highest BCUT2D eigenvalue weighted by Gasteiger charge is 2.19. The van der Waals surface area contributed by atoms with Crippen molar-refractivity contribution < 1.29 is 9.90 Å². The average molecular weight is 469 g/mol. The Bertz CT molecular complexity index is 1300.